The number of carbonyl (C=O) groups excluding carboxylic acids is 2. The Morgan fingerprint density at radius 2 is 1.61 bits per heavy atom. The summed E-state index contributed by atoms with van der Waals surface area (Å²) in [6, 6.07) is 23.7. The van der Waals surface area contributed by atoms with Crippen molar-refractivity contribution < 1.29 is 14.0 Å². The Bertz CT molecular complexity index is 1120. The van der Waals surface area contributed by atoms with Crippen molar-refractivity contribution in [2.24, 2.45) is 0 Å². The second kappa shape index (κ2) is 14.4. The van der Waals surface area contributed by atoms with Gasteiger partial charge >= 0.3 is 0 Å². The highest BCUT2D eigenvalue weighted by Crippen LogP contribution is 2.20. The van der Waals surface area contributed by atoms with E-state index in [9.17, 15) is 14.0 Å². The Kier molecular flexibility index (Phi) is 11.0. The molecule has 1 N–H and O–H groups in total. The third kappa shape index (κ3) is 8.23. The number of unbranched alkanes of at least 4 members (excludes halogenated alkanes) is 1. The topological polar surface area (TPSA) is 49.4 Å². The van der Waals surface area contributed by atoms with Crippen LogP contribution in [0.25, 0.3) is 0 Å². The summed E-state index contributed by atoms with van der Waals surface area (Å²) in [5.74, 6) is 0.00197. The maximum Gasteiger partial charge on any atom is 0.243 e. The van der Waals surface area contributed by atoms with Crippen LogP contribution in [0.3, 0.4) is 0 Å². The van der Waals surface area contributed by atoms with E-state index in [1.54, 1.807) is 23.1 Å². The minimum Gasteiger partial charge on any atom is -0.354 e. The number of aryl methyl sites for hydroxylation is 1. The third-order valence-electron chi connectivity index (χ3n) is 6.14. The van der Waals surface area contributed by atoms with E-state index in [2.05, 4.69) is 12.2 Å². The Balaban J connectivity index is 1.85. The van der Waals surface area contributed by atoms with Gasteiger partial charge in [-0.2, -0.15) is 0 Å². The molecule has 190 valence electrons. The van der Waals surface area contributed by atoms with Gasteiger partial charge in [0.1, 0.15) is 11.9 Å². The zero-order valence-corrected chi connectivity index (χ0v) is 21.9. The molecule has 0 heterocycles. The molecular weight excluding hydrogens is 471 g/mol. The van der Waals surface area contributed by atoms with Gasteiger partial charge in [0.05, 0.1) is 5.75 Å². The van der Waals surface area contributed by atoms with Gasteiger partial charge in [-0.15, -0.1) is 11.8 Å². The molecule has 0 radical (unpaired) electrons. The zero-order chi connectivity index (χ0) is 25.8. The lowest BCUT2D eigenvalue weighted by atomic mass is 10.0. The van der Waals surface area contributed by atoms with Crippen molar-refractivity contribution in [1.29, 1.82) is 0 Å². The second-order valence-corrected chi connectivity index (χ2v) is 9.87. The molecular formula is C30H35FN2O2S. The van der Waals surface area contributed by atoms with Gasteiger partial charge in [0.25, 0.3) is 0 Å². The molecule has 0 saturated heterocycles. The first-order chi connectivity index (χ1) is 17.5. The fourth-order valence-electron chi connectivity index (χ4n) is 3.98. The van der Waals surface area contributed by atoms with Crippen molar-refractivity contribution in [3.8, 4) is 0 Å². The van der Waals surface area contributed by atoms with Crippen molar-refractivity contribution in [1.82, 2.24) is 10.2 Å². The number of halogens is 1. The number of amides is 2. The highest BCUT2D eigenvalue weighted by atomic mass is 32.2. The molecule has 0 unspecified atom stereocenters. The zero-order valence-electron chi connectivity index (χ0n) is 21.1. The van der Waals surface area contributed by atoms with Crippen LogP contribution in [-0.4, -0.2) is 35.1 Å². The highest BCUT2D eigenvalue weighted by molar-refractivity contribution is 7.99. The van der Waals surface area contributed by atoms with Crippen molar-refractivity contribution in [3.05, 3.63) is 107 Å². The van der Waals surface area contributed by atoms with Gasteiger partial charge in [0.15, 0.2) is 0 Å². The molecule has 3 rings (SSSR count). The van der Waals surface area contributed by atoms with Gasteiger partial charge in [0.2, 0.25) is 11.8 Å². The molecule has 0 saturated carbocycles. The van der Waals surface area contributed by atoms with E-state index in [0.29, 0.717) is 30.8 Å². The number of carbonyl (C=O) groups is 2. The molecule has 0 aliphatic carbocycles. The van der Waals surface area contributed by atoms with Crippen molar-refractivity contribution in [3.63, 3.8) is 0 Å². The summed E-state index contributed by atoms with van der Waals surface area (Å²) in [6.45, 7) is 5.01. The molecule has 0 aliphatic rings. The molecule has 2 amide bonds. The number of nitrogens with zero attached hydrogens (tertiary/aromatic N) is 1. The summed E-state index contributed by atoms with van der Waals surface area (Å²) < 4.78 is 14.1. The van der Waals surface area contributed by atoms with Gasteiger partial charge in [-0.05, 0) is 41.7 Å². The standard InChI is InChI=1S/C30H35FN2O2S/c1-3-4-18-32-30(35)28(19-24-13-6-5-7-14-24)33(20-25-15-9-8-12-23(25)2)29(34)22-36-21-26-16-10-11-17-27(26)31/h5-17,28H,3-4,18-22H2,1-2H3,(H,32,35)/t28-/m0/s1. The molecule has 36 heavy (non-hydrogen) atoms. The van der Waals surface area contributed by atoms with E-state index in [1.165, 1.54) is 17.8 Å². The number of rotatable bonds is 13. The Morgan fingerprint density at radius 3 is 2.31 bits per heavy atom. The minimum atomic E-state index is -0.648. The second-order valence-electron chi connectivity index (χ2n) is 8.88. The lowest BCUT2D eigenvalue weighted by molar-refractivity contribution is -0.139. The van der Waals surface area contributed by atoms with Crippen LogP contribution in [0, 0.1) is 12.7 Å². The maximum atomic E-state index is 14.1. The summed E-state index contributed by atoms with van der Waals surface area (Å²) in [5, 5.41) is 3.04. The number of benzene rings is 3. The quantitative estimate of drug-likeness (QED) is 0.293. The number of thioether (sulfide) groups is 1. The van der Waals surface area contributed by atoms with Crippen LogP contribution in [0.15, 0.2) is 78.9 Å². The average Bonchev–Trinajstić information content (AvgIpc) is 2.89. The molecule has 1 atom stereocenters. The first-order valence-corrected chi connectivity index (χ1v) is 13.6. The van der Waals surface area contributed by atoms with E-state index in [0.717, 1.165) is 29.5 Å². The van der Waals surface area contributed by atoms with E-state index >= 15 is 0 Å². The Labute approximate surface area is 218 Å². The first-order valence-electron chi connectivity index (χ1n) is 12.5. The molecule has 4 nitrogen and oxygen atoms in total. The molecule has 0 aliphatic heterocycles. The average molecular weight is 507 g/mol. The Morgan fingerprint density at radius 1 is 0.944 bits per heavy atom. The van der Waals surface area contributed by atoms with Gasteiger partial charge in [-0.25, -0.2) is 4.39 Å². The summed E-state index contributed by atoms with van der Waals surface area (Å²) in [7, 11) is 0. The summed E-state index contributed by atoms with van der Waals surface area (Å²) in [4.78, 5) is 28.8. The number of hydrogen-bond acceptors (Lipinski definition) is 3. The van der Waals surface area contributed by atoms with Crippen molar-refractivity contribution >= 4 is 23.6 Å². The molecule has 0 bridgehead atoms. The Hall–Kier alpha value is -3.12. The van der Waals surface area contributed by atoms with Gasteiger partial charge in [0, 0.05) is 25.3 Å². The van der Waals surface area contributed by atoms with Crippen LogP contribution in [-0.2, 0) is 28.3 Å². The fraction of sp³-hybridized carbons (Fsp3) is 0.333. The van der Waals surface area contributed by atoms with Gasteiger partial charge < -0.3 is 10.2 Å². The van der Waals surface area contributed by atoms with Crippen LogP contribution in [0.2, 0.25) is 0 Å². The predicted molar refractivity (Wildman–Crippen MR) is 146 cm³/mol. The predicted octanol–water partition coefficient (Wildman–Crippen LogP) is 5.92. The highest BCUT2D eigenvalue weighted by Gasteiger charge is 2.30. The van der Waals surface area contributed by atoms with E-state index in [4.69, 9.17) is 0 Å². The monoisotopic (exact) mass is 506 g/mol. The molecule has 0 spiro atoms. The fourth-order valence-corrected chi connectivity index (χ4v) is 4.87. The lowest BCUT2D eigenvalue weighted by Crippen LogP contribution is -2.51. The van der Waals surface area contributed by atoms with Crippen LogP contribution in [0.4, 0.5) is 4.39 Å². The van der Waals surface area contributed by atoms with E-state index in [-0.39, 0.29) is 23.4 Å². The molecule has 6 heteroatoms. The smallest absolute Gasteiger partial charge is 0.243 e. The normalized spacial score (nSPS) is 11.6. The van der Waals surface area contributed by atoms with Crippen LogP contribution in [0.5, 0.6) is 0 Å². The summed E-state index contributed by atoms with van der Waals surface area (Å²) in [6.07, 6.45) is 2.28. The van der Waals surface area contributed by atoms with Crippen LogP contribution < -0.4 is 5.32 Å². The molecule has 3 aromatic rings. The SMILES string of the molecule is CCCCNC(=O)[C@H](Cc1ccccc1)N(Cc1ccccc1C)C(=O)CSCc1ccccc1F. The lowest BCUT2D eigenvalue weighted by Gasteiger charge is -2.32. The maximum absolute atomic E-state index is 14.1. The summed E-state index contributed by atoms with van der Waals surface area (Å²) >= 11 is 1.37. The largest absolute Gasteiger partial charge is 0.354 e. The summed E-state index contributed by atoms with van der Waals surface area (Å²) in [5.41, 5.74) is 3.64. The van der Waals surface area contributed by atoms with Crippen LogP contribution >= 0.6 is 11.8 Å². The third-order valence-corrected chi connectivity index (χ3v) is 7.11. The van der Waals surface area contributed by atoms with Crippen LogP contribution in [0.1, 0.15) is 42.0 Å². The van der Waals surface area contributed by atoms with Gasteiger partial charge in [-0.3, -0.25) is 9.59 Å². The molecule has 3 aromatic carbocycles. The van der Waals surface area contributed by atoms with Crippen molar-refractivity contribution in [2.45, 2.75) is 51.4 Å². The minimum absolute atomic E-state index is 0.133. The number of hydrogen-bond donors (Lipinski definition) is 1. The number of nitrogens with one attached hydrogen (secondary N) is 1. The van der Waals surface area contributed by atoms with Crippen molar-refractivity contribution in [2.75, 3.05) is 12.3 Å². The van der Waals surface area contributed by atoms with E-state index < -0.39 is 6.04 Å². The molecule has 0 fully saturated rings. The van der Waals surface area contributed by atoms with Gasteiger partial charge in [-0.1, -0.05) is 86.1 Å². The first kappa shape index (κ1) is 27.5. The molecule has 0 aromatic heterocycles. The van der Waals surface area contributed by atoms with E-state index in [1.807, 2.05) is 61.5 Å².